The van der Waals surface area contributed by atoms with E-state index in [4.69, 9.17) is 23.2 Å². The van der Waals surface area contributed by atoms with Crippen LogP contribution in [0.2, 0.25) is 10.0 Å². The predicted molar refractivity (Wildman–Crippen MR) is 58.9 cm³/mol. The van der Waals surface area contributed by atoms with Gasteiger partial charge in [0.25, 0.3) is 0 Å². The average Bonchev–Trinajstić information content (AvgIpc) is 2.17. The van der Waals surface area contributed by atoms with Crippen LogP contribution in [0.15, 0.2) is 18.2 Å². The first kappa shape index (κ1) is 13.6. The Morgan fingerprint density at radius 1 is 1.31 bits per heavy atom. The van der Waals surface area contributed by atoms with Gasteiger partial charge in [-0.3, -0.25) is 0 Å². The highest BCUT2D eigenvalue weighted by molar-refractivity contribution is 6.33. The number of nitrogens with one attached hydrogen (secondary N) is 1. The Bertz CT molecular complexity index is 366. The molecule has 1 unspecified atom stereocenters. The van der Waals surface area contributed by atoms with Crippen molar-refractivity contribution in [3.63, 3.8) is 0 Å². The van der Waals surface area contributed by atoms with E-state index >= 15 is 0 Å². The summed E-state index contributed by atoms with van der Waals surface area (Å²) in [6.45, 7) is 0. The van der Waals surface area contributed by atoms with E-state index in [-0.39, 0.29) is 5.02 Å². The van der Waals surface area contributed by atoms with Crippen LogP contribution in [0.25, 0.3) is 0 Å². The van der Waals surface area contributed by atoms with Crippen molar-refractivity contribution in [2.45, 2.75) is 18.6 Å². The Kier molecular flexibility index (Phi) is 4.47. The molecule has 0 radical (unpaired) electrons. The summed E-state index contributed by atoms with van der Waals surface area (Å²) in [4.78, 5) is 0. The maximum atomic E-state index is 12.3. The van der Waals surface area contributed by atoms with Crippen LogP contribution >= 0.6 is 23.2 Å². The fraction of sp³-hybridized carbons (Fsp3) is 0.400. The molecule has 0 aliphatic rings. The minimum absolute atomic E-state index is 0.271. The molecular formula is C10H10Cl2F3N. The summed E-state index contributed by atoms with van der Waals surface area (Å²) >= 11 is 11.6. The molecule has 0 aliphatic carbocycles. The van der Waals surface area contributed by atoms with E-state index in [1.807, 2.05) is 0 Å². The van der Waals surface area contributed by atoms with Crippen LogP contribution in [0.4, 0.5) is 13.2 Å². The largest absolute Gasteiger partial charge is 0.390 e. The van der Waals surface area contributed by atoms with Gasteiger partial charge in [-0.25, -0.2) is 0 Å². The lowest BCUT2D eigenvalue weighted by molar-refractivity contribution is -0.140. The van der Waals surface area contributed by atoms with Gasteiger partial charge in [-0.05, 0) is 30.8 Å². The number of hydrogen-bond donors (Lipinski definition) is 1. The van der Waals surface area contributed by atoms with Crippen molar-refractivity contribution >= 4 is 23.2 Å². The second-order valence-corrected chi connectivity index (χ2v) is 4.17. The third-order valence-corrected chi connectivity index (χ3v) is 2.70. The molecule has 1 nitrogen and oxygen atoms in total. The monoisotopic (exact) mass is 271 g/mol. The molecule has 0 amide bonds. The van der Waals surface area contributed by atoms with Gasteiger partial charge < -0.3 is 5.32 Å². The summed E-state index contributed by atoms with van der Waals surface area (Å²) in [5.74, 6) is 0. The Morgan fingerprint density at radius 3 is 2.44 bits per heavy atom. The second kappa shape index (κ2) is 5.25. The van der Waals surface area contributed by atoms with Crippen LogP contribution < -0.4 is 5.32 Å². The number of benzene rings is 1. The van der Waals surface area contributed by atoms with Gasteiger partial charge in [0, 0.05) is 16.1 Å². The summed E-state index contributed by atoms with van der Waals surface area (Å²) in [5, 5.41) is 3.21. The Balaban J connectivity index is 2.99. The lowest BCUT2D eigenvalue weighted by Gasteiger charge is -2.19. The van der Waals surface area contributed by atoms with E-state index in [2.05, 4.69) is 5.32 Å². The van der Waals surface area contributed by atoms with Crippen LogP contribution in [0.3, 0.4) is 0 Å². The Labute approximate surface area is 102 Å². The molecule has 16 heavy (non-hydrogen) atoms. The number of hydrogen-bond acceptors (Lipinski definition) is 1. The quantitative estimate of drug-likeness (QED) is 0.869. The van der Waals surface area contributed by atoms with Crippen LogP contribution in [0.1, 0.15) is 18.0 Å². The number of rotatable bonds is 3. The van der Waals surface area contributed by atoms with E-state index in [1.165, 1.54) is 25.2 Å². The third kappa shape index (κ3) is 3.85. The van der Waals surface area contributed by atoms with Gasteiger partial charge >= 0.3 is 6.18 Å². The smallest absolute Gasteiger partial charge is 0.313 e. The van der Waals surface area contributed by atoms with Gasteiger partial charge in [0.1, 0.15) is 0 Å². The maximum absolute atomic E-state index is 12.3. The van der Waals surface area contributed by atoms with Gasteiger partial charge in [-0.15, -0.1) is 0 Å². The molecule has 1 aromatic rings. The zero-order chi connectivity index (χ0) is 12.3. The third-order valence-electron chi connectivity index (χ3n) is 2.12. The fourth-order valence-corrected chi connectivity index (χ4v) is 1.81. The molecule has 0 spiro atoms. The molecule has 0 saturated carbocycles. The predicted octanol–water partition coefficient (Wildman–Crippen LogP) is 4.21. The molecule has 1 rings (SSSR count). The highest BCUT2D eigenvalue weighted by atomic mass is 35.5. The topological polar surface area (TPSA) is 12.0 Å². The Hall–Kier alpha value is -0.450. The van der Waals surface area contributed by atoms with E-state index in [1.54, 1.807) is 0 Å². The van der Waals surface area contributed by atoms with Crippen LogP contribution in [0, 0.1) is 0 Å². The highest BCUT2D eigenvalue weighted by Crippen LogP contribution is 2.33. The molecule has 0 bridgehead atoms. The second-order valence-electron chi connectivity index (χ2n) is 3.33. The van der Waals surface area contributed by atoms with E-state index in [0.29, 0.717) is 10.6 Å². The molecule has 1 aromatic carbocycles. The standard InChI is InChI=1S/C10H10Cl2F3N/c1-16-9(5-10(13,14)15)7-4-6(11)2-3-8(7)12/h2-4,9,16H,5H2,1H3. The SMILES string of the molecule is CNC(CC(F)(F)F)c1cc(Cl)ccc1Cl. The molecule has 0 aliphatic heterocycles. The molecule has 0 heterocycles. The van der Waals surface area contributed by atoms with E-state index in [9.17, 15) is 13.2 Å². The number of alkyl halides is 3. The van der Waals surface area contributed by atoms with Crippen molar-refractivity contribution in [2.75, 3.05) is 7.05 Å². The van der Waals surface area contributed by atoms with Crippen molar-refractivity contribution in [1.82, 2.24) is 5.32 Å². The van der Waals surface area contributed by atoms with Crippen molar-refractivity contribution in [1.29, 1.82) is 0 Å². The van der Waals surface area contributed by atoms with Gasteiger partial charge in [-0.1, -0.05) is 23.2 Å². The molecule has 6 heteroatoms. The summed E-state index contributed by atoms with van der Waals surface area (Å²) in [5.41, 5.74) is 0.356. The van der Waals surface area contributed by atoms with Gasteiger partial charge in [0.15, 0.2) is 0 Å². The molecule has 1 N–H and O–H groups in total. The zero-order valence-electron chi connectivity index (χ0n) is 8.41. The maximum Gasteiger partial charge on any atom is 0.390 e. The average molecular weight is 272 g/mol. The first-order valence-electron chi connectivity index (χ1n) is 4.52. The lowest BCUT2D eigenvalue weighted by atomic mass is 10.0. The minimum atomic E-state index is -4.25. The summed E-state index contributed by atoms with van der Waals surface area (Å²) in [6.07, 6.45) is -5.23. The molecule has 0 saturated heterocycles. The van der Waals surface area contributed by atoms with Crippen LogP contribution in [0.5, 0.6) is 0 Å². The molecular weight excluding hydrogens is 262 g/mol. The highest BCUT2D eigenvalue weighted by Gasteiger charge is 2.32. The normalized spacial score (nSPS) is 13.9. The molecule has 0 fully saturated rings. The van der Waals surface area contributed by atoms with Gasteiger partial charge in [0.05, 0.1) is 6.42 Å². The summed E-state index contributed by atoms with van der Waals surface area (Å²) in [7, 11) is 1.45. The first-order chi connectivity index (χ1) is 7.33. The van der Waals surface area contributed by atoms with Crippen molar-refractivity contribution in [3.8, 4) is 0 Å². The zero-order valence-corrected chi connectivity index (χ0v) is 9.92. The van der Waals surface area contributed by atoms with Crippen LogP contribution in [-0.4, -0.2) is 13.2 Å². The van der Waals surface area contributed by atoms with Crippen LogP contribution in [-0.2, 0) is 0 Å². The van der Waals surface area contributed by atoms with E-state index in [0.717, 1.165) is 0 Å². The molecule has 0 aromatic heterocycles. The van der Waals surface area contributed by atoms with Crippen molar-refractivity contribution in [3.05, 3.63) is 33.8 Å². The van der Waals surface area contributed by atoms with Gasteiger partial charge in [-0.2, -0.15) is 13.2 Å². The van der Waals surface area contributed by atoms with Gasteiger partial charge in [0.2, 0.25) is 0 Å². The fourth-order valence-electron chi connectivity index (χ4n) is 1.38. The van der Waals surface area contributed by atoms with E-state index < -0.39 is 18.6 Å². The molecule has 1 atom stereocenters. The number of halogens is 5. The van der Waals surface area contributed by atoms with Crippen molar-refractivity contribution in [2.24, 2.45) is 0 Å². The summed E-state index contributed by atoms with van der Waals surface area (Å²) < 4.78 is 36.9. The van der Waals surface area contributed by atoms with Crippen molar-refractivity contribution < 1.29 is 13.2 Å². The lowest BCUT2D eigenvalue weighted by Crippen LogP contribution is -2.23. The molecule has 90 valence electrons. The Morgan fingerprint density at radius 2 is 1.94 bits per heavy atom. The first-order valence-corrected chi connectivity index (χ1v) is 5.28. The minimum Gasteiger partial charge on any atom is -0.313 e. The summed E-state index contributed by atoms with van der Waals surface area (Å²) in [6, 6.07) is 3.58.